The summed E-state index contributed by atoms with van der Waals surface area (Å²) in [5.41, 5.74) is 1.18. The summed E-state index contributed by atoms with van der Waals surface area (Å²) in [5, 5.41) is 0. The van der Waals surface area contributed by atoms with Gasteiger partial charge < -0.3 is 4.74 Å². The van der Waals surface area contributed by atoms with E-state index in [1.807, 2.05) is 12.1 Å². The summed E-state index contributed by atoms with van der Waals surface area (Å²) in [4.78, 5) is 13.9. The van der Waals surface area contributed by atoms with Gasteiger partial charge in [0, 0.05) is 29.0 Å². The maximum absolute atomic E-state index is 11.4. The Morgan fingerprint density at radius 2 is 2.25 bits per heavy atom. The van der Waals surface area contributed by atoms with Gasteiger partial charge in [-0.25, -0.2) is 0 Å². The van der Waals surface area contributed by atoms with E-state index in [0.717, 1.165) is 29.7 Å². The fraction of sp³-hybridized carbons (Fsp3) is 0.562. The summed E-state index contributed by atoms with van der Waals surface area (Å²) in [7, 11) is 1.70. The Morgan fingerprint density at radius 1 is 1.45 bits per heavy atom. The van der Waals surface area contributed by atoms with Gasteiger partial charge in [0.1, 0.15) is 11.5 Å². The molecule has 0 saturated carbocycles. The van der Waals surface area contributed by atoms with E-state index in [1.54, 1.807) is 14.0 Å². The summed E-state index contributed by atoms with van der Waals surface area (Å²) in [5.74, 6) is 1.20. The molecule has 2 rings (SSSR count). The van der Waals surface area contributed by atoms with Crippen molar-refractivity contribution < 1.29 is 9.53 Å². The van der Waals surface area contributed by atoms with Crippen molar-refractivity contribution in [2.45, 2.75) is 45.2 Å². The van der Waals surface area contributed by atoms with Gasteiger partial charge >= 0.3 is 0 Å². The zero-order valence-corrected chi connectivity index (χ0v) is 13.8. The quantitative estimate of drug-likeness (QED) is 0.817. The largest absolute Gasteiger partial charge is 0.496 e. The van der Waals surface area contributed by atoms with Crippen LogP contribution in [0.2, 0.25) is 0 Å². The molecule has 0 amide bonds. The number of benzene rings is 1. The van der Waals surface area contributed by atoms with E-state index < -0.39 is 0 Å². The normalized spacial score (nSPS) is 19.9. The summed E-state index contributed by atoms with van der Waals surface area (Å²) in [6.07, 6.45) is 4.22. The molecule has 0 bridgehead atoms. The lowest BCUT2D eigenvalue weighted by molar-refractivity contribution is -0.118. The summed E-state index contributed by atoms with van der Waals surface area (Å²) in [6.45, 7) is 3.60. The standard InChI is InChI=1S/C16H22BrNO2/c1-12(19)9-15-5-3-4-8-18(15)11-13-10-14(17)6-7-16(13)20-2/h6-7,10,15H,3-5,8-9,11H2,1-2H3. The van der Waals surface area contributed by atoms with Crippen LogP contribution in [0.5, 0.6) is 5.75 Å². The molecule has 1 atom stereocenters. The molecule has 20 heavy (non-hydrogen) atoms. The molecular formula is C16H22BrNO2. The molecule has 0 radical (unpaired) electrons. The number of rotatable bonds is 5. The van der Waals surface area contributed by atoms with Crippen molar-refractivity contribution in [3.05, 3.63) is 28.2 Å². The van der Waals surface area contributed by atoms with Crippen LogP contribution in [-0.4, -0.2) is 30.4 Å². The number of likely N-dealkylation sites (tertiary alicyclic amines) is 1. The highest BCUT2D eigenvalue weighted by Crippen LogP contribution is 2.28. The monoisotopic (exact) mass is 339 g/mol. The second-order valence-corrected chi connectivity index (χ2v) is 6.40. The van der Waals surface area contributed by atoms with Crippen molar-refractivity contribution in [1.29, 1.82) is 0 Å². The highest BCUT2D eigenvalue weighted by molar-refractivity contribution is 9.10. The third-order valence-electron chi connectivity index (χ3n) is 3.89. The van der Waals surface area contributed by atoms with Gasteiger partial charge in [0.25, 0.3) is 0 Å². The van der Waals surface area contributed by atoms with Crippen LogP contribution in [0.15, 0.2) is 22.7 Å². The molecule has 110 valence electrons. The maximum Gasteiger partial charge on any atom is 0.131 e. The van der Waals surface area contributed by atoms with E-state index >= 15 is 0 Å². The topological polar surface area (TPSA) is 29.5 Å². The van der Waals surface area contributed by atoms with Crippen molar-refractivity contribution in [3.63, 3.8) is 0 Å². The van der Waals surface area contributed by atoms with Crippen LogP contribution in [0.4, 0.5) is 0 Å². The van der Waals surface area contributed by atoms with Gasteiger partial charge in [-0.3, -0.25) is 9.69 Å². The van der Waals surface area contributed by atoms with E-state index in [0.29, 0.717) is 12.5 Å². The van der Waals surface area contributed by atoms with Crippen molar-refractivity contribution in [3.8, 4) is 5.75 Å². The first-order valence-corrected chi connectivity index (χ1v) is 7.95. The summed E-state index contributed by atoms with van der Waals surface area (Å²) >= 11 is 3.52. The molecule has 1 aliphatic rings. The van der Waals surface area contributed by atoms with Crippen molar-refractivity contribution >= 4 is 21.7 Å². The van der Waals surface area contributed by atoms with Crippen molar-refractivity contribution in [2.75, 3.05) is 13.7 Å². The molecule has 3 nitrogen and oxygen atoms in total. The minimum absolute atomic E-state index is 0.281. The fourth-order valence-electron chi connectivity index (χ4n) is 2.92. The number of nitrogens with zero attached hydrogens (tertiary/aromatic N) is 1. The molecule has 0 N–H and O–H groups in total. The highest BCUT2D eigenvalue weighted by atomic mass is 79.9. The molecule has 1 saturated heterocycles. The number of carbonyl (C=O) groups excluding carboxylic acids is 1. The number of carbonyl (C=O) groups is 1. The second kappa shape index (κ2) is 7.23. The number of piperidine rings is 1. The minimum Gasteiger partial charge on any atom is -0.496 e. The average Bonchev–Trinajstić information content (AvgIpc) is 2.41. The third kappa shape index (κ3) is 4.06. The zero-order valence-electron chi connectivity index (χ0n) is 12.2. The van der Waals surface area contributed by atoms with Crippen LogP contribution in [0.25, 0.3) is 0 Å². The van der Waals surface area contributed by atoms with E-state index in [9.17, 15) is 4.79 Å². The second-order valence-electron chi connectivity index (χ2n) is 5.48. The first kappa shape index (κ1) is 15.5. The van der Waals surface area contributed by atoms with Gasteiger partial charge in [-0.2, -0.15) is 0 Å². The van der Waals surface area contributed by atoms with Gasteiger partial charge in [-0.1, -0.05) is 22.4 Å². The summed E-state index contributed by atoms with van der Waals surface area (Å²) in [6, 6.07) is 6.47. The van der Waals surface area contributed by atoms with Crippen LogP contribution in [0.1, 0.15) is 38.2 Å². The number of Topliss-reactive ketones (excluding diaryl/α,β-unsaturated/α-hetero) is 1. The molecule has 1 unspecified atom stereocenters. The fourth-order valence-corrected chi connectivity index (χ4v) is 3.33. The first-order chi connectivity index (χ1) is 9.60. The van der Waals surface area contributed by atoms with Gasteiger partial charge in [0.05, 0.1) is 7.11 Å². The zero-order chi connectivity index (χ0) is 14.5. The van der Waals surface area contributed by atoms with Crippen LogP contribution in [-0.2, 0) is 11.3 Å². The predicted octanol–water partition coefficient (Wildman–Crippen LogP) is 3.79. The molecule has 1 fully saturated rings. The average molecular weight is 340 g/mol. The highest BCUT2D eigenvalue weighted by Gasteiger charge is 2.24. The number of ketones is 1. The number of hydrogen-bond donors (Lipinski definition) is 0. The van der Waals surface area contributed by atoms with E-state index in [2.05, 4.69) is 26.9 Å². The molecule has 1 aromatic carbocycles. The van der Waals surface area contributed by atoms with Gasteiger partial charge in [-0.05, 0) is 44.5 Å². The Bertz CT molecular complexity index is 476. The van der Waals surface area contributed by atoms with Crippen molar-refractivity contribution in [1.82, 2.24) is 4.90 Å². The molecule has 0 spiro atoms. The number of halogens is 1. The maximum atomic E-state index is 11.4. The first-order valence-electron chi connectivity index (χ1n) is 7.16. The molecular weight excluding hydrogens is 318 g/mol. The smallest absolute Gasteiger partial charge is 0.131 e. The number of methoxy groups -OCH3 is 1. The summed E-state index contributed by atoms with van der Waals surface area (Å²) < 4.78 is 6.51. The lowest BCUT2D eigenvalue weighted by atomic mass is 9.97. The van der Waals surface area contributed by atoms with Gasteiger partial charge in [0.2, 0.25) is 0 Å². The molecule has 1 aliphatic heterocycles. The lowest BCUT2D eigenvalue weighted by Gasteiger charge is -2.35. The van der Waals surface area contributed by atoms with Crippen LogP contribution in [0.3, 0.4) is 0 Å². The van der Waals surface area contributed by atoms with Crippen LogP contribution in [0, 0.1) is 0 Å². The molecule has 4 heteroatoms. The van der Waals surface area contributed by atoms with Crippen LogP contribution >= 0.6 is 15.9 Å². The van der Waals surface area contributed by atoms with E-state index in [-0.39, 0.29) is 5.78 Å². The van der Waals surface area contributed by atoms with E-state index in [1.165, 1.54) is 18.4 Å². The Hall–Kier alpha value is -0.870. The molecule has 0 aromatic heterocycles. The Kier molecular flexibility index (Phi) is 5.61. The lowest BCUT2D eigenvalue weighted by Crippen LogP contribution is -2.40. The Balaban J connectivity index is 2.13. The molecule has 1 heterocycles. The predicted molar refractivity (Wildman–Crippen MR) is 84.0 cm³/mol. The number of ether oxygens (including phenoxy) is 1. The minimum atomic E-state index is 0.281. The van der Waals surface area contributed by atoms with Gasteiger partial charge in [0.15, 0.2) is 0 Å². The third-order valence-corrected chi connectivity index (χ3v) is 4.38. The van der Waals surface area contributed by atoms with Crippen LogP contribution < -0.4 is 4.74 Å². The Morgan fingerprint density at radius 3 is 2.95 bits per heavy atom. The van der Waals surface area contributed by atoms with Crippen molar-refractivity contribution in [2.24, 2.45) is 0 Å². The number of hydrogen-bond acceptors (Lipinski definition) is 3. The Labute approximate surface area is 129 Å². The molecule has 0 aliphatic carbocycles. The van der Waals surface area contributed by atoms with Gasteiger partial charge in [-0.15, -0.1) is 0 Å². The van der Waals surface area contributed by atoms with E-state index in [4.69, 9.17) is 4.74 Å². The SMILES string of the molecule is COc1ccc(Br)cc1CN1CCCCC1CC(C)=O. The molecule has 1 aromatic rings.